The molecule has 2 aromatic heterocycles. The zero-order chi connectivity index (χ0) is 24.9. The van der Waals surface area contributed by atoms with E-state index in [-0.39, 0.29) is 28.3 Å². The summed E-state index contributed by atoms with van der Waals surface area (Å²) in [6.07, 6.45) is 1.73. The second-order valence-electron chi connectivity index (χ2n) is 7.81. The molecule has 35 heavy (non-hydrogen) atoms. The summed E-state index contributed by atoms with van der Waals surface area (Å²) in [6.45, 7) is 0.992. The van der Waals surface area contributed by atoms with Crippen LogP contribution in [0.5, 0.6) is 5.75 Å². The first-order valence-corrected chi connectivity index (χ1v) is 12.5. The molecule has 12 heteroatoms. The van der Waals surface area contributed by atoms with Gasteiger partial charge in [-0.2, -0.15) is 4.37 Å². The summed E-state index contributed by atoms with van der Waals surface area (Å²) in [6, 6.07) is 9.37. The number of anilines is 2. The molecule has 0 spiro atoms. The number of primary amides is 1. The smallest absolute Gasteiger partial charge is 0.273 e. The highest BCUT2D eigenvalue weighted by molar-refractivity contribution is 7.10. The molecule has 5 N–H and O–H groups in total. The minimum Gasteiger partial charge on any atom is -0.497 e. The molecule has 3 amide bonds. The van der Waals surface area contributed by atoms with Gasteiger partial charge in [0.2, 0.25) is 5.91 Å². The molecule has 1 saturated heterocycles. The predicted octanol–water partition coefficient (Wildman–Crippen LogP) is 2.58. The van der Waals surface area contributed by atoms with Crippen molar-refractivity contribution in [3.05, 3.63) is 57.2 Å². The second kappa shape index (κ2) is 10.8. The van der Waals surface area contributed by atoms with Crippen molar-refractivity contribution in [2.45, 2.75) is 25.0 Å². The molecule has 1 aliphatic heterocycles. The van der Waals surface area contributed by atoms with Gasteiger partial charge in [-0.05, 0) is 48.0 Å². The van der Waals surface area contributed by atoms with Crippen LogP contribution in [0, 0.1) is 0 Å². The fourth-order valence-electron chi connectivity index (χ4n) is 3.82. The maximum absolute atomic E-state index is 13.9. The molecule has 0 saturated carbocycles. The molecule has 3 heterocycles. The lowest BCUT2D eigenvalue weighted by Crippen LogP contribution is -2.45. The molecular formula is C23H25N5O5S2. The average molecular weight is 516 g/mol. The van der Waals surface area contributed by atoms with Crippen LogP contribution in [0.25, 0.3) is 0 Å². The molecular weight excluding hydrogens is 490 g/mol. The largest absolute Gasteiger partial charge is 0.497 e. The van der Waals surface area contributed by atoms with Crippen molar-refractivity contribution in [2.24, 2.45) is 5.73 Å². The van der Waals surface area contributed by atoms with Crippen molar-refractivity contribution in [1.29, 1.82) is 0 Å². The first-order chi connectivity index (χ1) is 16.9. The van der Waals surface area contributed by atoms with E-state index >= 15 is 0 Å². The summed E-state index contributed by atoms with van der Waals surface area (Å²) in [5.74, 6) is -1.31. The maximum Gasteiger partial charge on any atom is 0.273 e. The monoisotopic (exact) mass is 515 g/mol. The maximum atomic E-state index is 13.9. The van der Waals surface area contributed by atoms with Crippen LogP contribution in [0.3, 0.4) is 0 Å². The van der Waals surface area contributed by atoms with Gasteiger partial charge >= 0.3 is 0 Å². The molecule has 0 bridgehead atoms. The topological polar surface area (TPSA) is 150 Å². The van der Waals surface area contributed by atoms with Gasteiger partial charge in [-0.3, -0.25) is 19.3 Å². The standard InChI is InChI=1S/C23H25N5O5S2/c1-32-14-6-2-5-13(11-14)28(23(31)20-17(24)18(21(25)29)27-35-20)19(16-8-4-10-34-16)22(30)26-12-15-7-3-9-33-15/h2,4-6,8,10-11,15,19H,3,7,9,12,24H2,1H3,(H2,25,29)(H,26,30)/t15-,19+/m1/s1. The Kier molecular flexibility index (Phi) is 7.63. The fraction of sp³-hybridized carbons (Fsp3) is 0.304. The molecule has 0 aliphatic carbocycles. The lowest BCUT2D eigenvalue weighted by atomic mass is 10.1. The summed E-state index contributed by atoms with van der Waals surface area (Å²) in [4.78, 5) is 41.2. The number of rotatable bonds is 9. The fourth-order valence-corrected chi connectivity index (χ4v) is 5.37. The predicted molar refractivity (Wildman–Crippen MR) is 134 cm³/mol. The van der Waals surface area contributed by atoms with Crippen molar-refractivity contribution in [2.75, 3.05) is 30.9 Å². The Balaban J connectivity index is 1.78. The molecule has 184 valence electrons. The van der Waals surface area contributed by atoms with Crippen LogP contribution in [-0.4, -0.2) is 48.5 Å². The third-order valence-corrected chi connectivity index (χ3v) is 7.33. The summed E-state index contributed by atoms with van der Waals surface area (Å²) >= 11 is 2.10. The first kappa shape index (κ1) is 24.6. The minimum absolute atomic E-state index is 0.00935. The number of aromatic nitrogens is 1. The molecule has 2 atom stereocenters. The van der Waals surface area contributed by atoms with Crippen LogP contribution in [0.1, 0.15) is 43.9 Å². The number of hydrogen-bond donors (Lipinski definition) is 3. The summed E-state index contributed by atoms with van der Waals surface area (Å²) in [7, 11) is 1.51. The number of amides is 3. The normalized spacial score (nSPS) is 16.0. The third kappa shape index (κ3) is 5.29. The van der Waals surface area contributed by atoms with E-state index in [2.05, 4.69) is 9.69 Å². The molecule has 3 aromatic rings. The Bertz CT molecular complexity index is 1210. The van der Waals surface area contributed by atoms with Gasteiger partial charge in [-0.15, -0.1) is 11.3 Å². The Hall–Kier alpha value is -3.48. The zero-order valence-corrected chi connectivity index (χ0v) is 20.6. The van der Waals surface area contributed by atoms with Gasteiger partial charge in [0.05, 0.1) is 18.9 Å². The minimum atomic E-state index is -1.02. The van der Waals surface area contributed by atoms with Gasteiger partial charge in [0.25, 0.3) is 11.8 Å². The number of benzene rings is 1. The highest BCUT2D eigenvalue weighted by Crippen LogP contribution is 2.36. The average Bonchev–Trinajstić information content (AvgIpc) is 3.63. The molecule has 0 radical (unpaired) electrons. The molecule has 0 unspecified atom stereocenters. The van der Waals surface area contributed by atoms with E-state index in [1.807, 2.05) is 5.38 Å². The van der Waals surface area contributed by atoms with Gasteiger partial charge in [0.1, 0.15) is 10.6 Å². The van der Waals surface area contributed by atoms with Gasteiger partial charge in [0.15, 0.2) is 11.7 Å². The first-order valence-electron chi connectivity index (χ1n) is 10.9. The van der Waals surface area contributed by atoms with Crippen LogP contribution in [0.4, 0.5) is 11.4 Å². The van der Waals surface area contributed by atoms with Crippen LogP contribution < -0.4 is 26.4 Å². The third-order valence-electron chi connectivity index (χ3n) is 5.55. The molecule has 1 aromatic carbocycles. The van der Waals surface area contributed by atoms with Crippen molar-refractivity contribution in [3.63, 3.8) is 0 Å². The molecule has 4 rings (SSSR count). The highest BCUT2D eigenvalue weighted by atomic mass is 32.1. The quantitative estimate of drug-likeness (QED) is 0.396. The number of nitrogens with one attached hydrogen (secondary N) is 1. The Labute approximate surface area is 210 Å². The number of hydrogen-bond acceptors (Lipinski definition) is 9. The second-order valence-corrected chi connectivity index (χ2v) is 9.57. The van der Waals surface area contributed by atoms with E-state index in [9.17, 15) is 14.4 Å². The lowest BCUT2D eigenvalue weighted by molar-refractivity contribution is -0.122. The van der Waals surface area contributed by atoms with Crippen LogP contribution >= 0.6 is 22.9 Å². The lowest BCUT2D eigenvalue weighted by Gasteiger charge is -2.30. The van der Waals surface area contributed by atoms with E-state index in [0.29, 0.717) is 29.5 Å². The number of methoxy groups -OCH3 is 1. The number of carbonyl (C=O) groups is 3. The summed E-state index contributed by atoms with van der Waals surface area (Å²) < 4.78 is 14.9. The van der Waals surface area contributed by atoms with Crippen molar-refractivity contribution in [3.8, 4) is 5.75 Å². The van der Waals surface area contributed by atoms with Crippen molar-refractivity contribution >= 4 is 52.0 Å². The number of nitrogen functional groups attached to an aromatic ring is 1. The van der Waals surface area contributed by atoms with E-state index in [4.69, 9.17) is 20.9 Å². The van der Waals surface area contributed by atoms with Crippen molar-refractivity contribution in [1.82, 2.24) is 9.69 Å². The zero-order valence-electron chi connectivity index (χ0n) is 18.9. The molecule has 1 aliphatic rings. The Morgan fingerprint density at radius 1 is 1.31 bits per heavy atom. The number of ether oxygens (including phenoxy) is 2. The number of nitrogens with zero attached hydrogens (tertiary/aromatic N) is 2. The van der Waals surface area contributed by atoms with E-state index < -0.39 is 17.9 Å². The highest BCUT2D eigenvalue weighted by Gasteiger charge is 2.37. The molecule has 10 nitrogen and oxygen atoms in total. The summed E-state index contributed by atoms with van der Waals surface area (Å²) in [5, 5.41) is 4.77. The van der Waals surface area contributed by atoms with Gasteiger partial charge in [-0.1, -0.05) is 12.1 Å². The number of thiophene rings is 1. The van der Waals surface area contributed by atoms with Gasteiger partial charge < -0.3 is 26.3 Å². The van der Waals surface area contributed by atoms with Crippen LogP contribution in [-0.2, 0) is 9.53 Å². The van der Waals surface area contributed by atoms with E-state index in [1.165, 1.54) is 23.3 Å². The van der Waals surface area contributed by atoms with E-state index in [1.54, 1.807) is 36.4 Å². The van der Waals surface area contributed by atoms with Crippen LogP contribution in [0.2, 0.25) is 0 Å². The van der Waals surface area contributed by atoms with E-state index in [0.717, 1.165) is 24.4 Å². The SMILES string of the molecule is COc1cccc(N(C(=O)c2snc(C(N)=O)c2N)[C@H](C(=O)NC[C@H]2CCCO2)c2cccs2)c1. The van der Waals surface area contributed by atoms with Gasteiger partial charge in [-0.25, -0.2) is 0 Å². The number of carbonyl (C=O) groups excluding carboxylic acids is 3. The van der Waals surface area contributed by atoms with Crippen molar-refractivity contribution < 1.29 is 23.9 Å². The summed E-state index contributed by atoms with van der Waals surface area (Å²) in [5.41, 5.74) is 11.5. The molecule has 1 fully saturated rings. The Morgan fingerprint density at radius 3 is 2.77 bits per heavy atom. The van der Waals surface area contributed by atoms with Crippen LogP contribution in [0.15, 0.2) is 41.8 Å². The van der Waals surface area contributed by atoms with Gasteiger partial charge in [0, 0.05) is 29.8 Å². The number of nitrogens with two attached hydrogens (primary N) is 2. The Morgan fingerprint density at radius 2 is 2.14 bits per heavy atom.